The zero-order chi connectivity index (χ0) is 11.3. The smallest absolute Gasteiger partial charge is 0.275 e. The van der Waals surface area contributed by atoms with Gasteiger partial charge in [0.25, 0.3) is 5.91 Å². The summed E-state index contributed by atoms with van der Waals surface area (Å²) in [6.07, 6.45) is 0.728. The van der Waals surface area contributed by atoms with Gasteiger partial charge in [0.1, 0.15) is 0 Å². The van der Waals surface area contributed by atoms with Crippen molar-refractivity contribution in [3.05, 3.63) is 30.9 Å². The first-order valence-electron chi connectivity index (χ1n) is 4.10. The van der Waals surface area contributed by atoms with Crippen molar-refractivity contribution in [1.82, 2.24) is 10.9 Å². The Kier molecular flexibility index (Phi) is 5.47. The Morgan fingerprint density at radius 2 is 1.93 bits per heavy atom. The van der Waals surface area contributed by atoms with E-state index < -0.39 is 5.91 Å². The minimum atomic E-state index is -0.449. The molecule has 15 heavy (non-hydrogen) atoms. The van der Waals surface area contributed by atoms with Crippen molar-refractivity contribution in [2.75, 3.05) is 0 Å². The van der Waals surface area contributed by atoms with Crippen LogP contribution < -0.4 is 10.9 Å². The Morgan fingerprint density at radius 1 is 1.33 bits per heavy atom. The summed E-state index contributed by atoms with van der Waals surface area (Å²) in [4.78, 5) is 10.7. The van der Waals surface area contributed by atoms with Crippen LogP contribution in [0.15, 0.2) is 18.2 Å². The van der Waals surface area contributed by atoms with E-state index in [2.05, 4.69) is 62.1 Å². The van der Waals surface area contributed by atoms with Gasteiger partial charge in [-0.3, -0.25) is 10.2 Å². The molecule has 1 aromatic carbocycles. The second kappa shape index (κ2) is 6.38. The standard InChI is InChI=1S/C9H9I2N3O/c10-7-1-6(2-8(11)3-7)5-13-14-9(15)4-12/h1-4,12-13H,5H2,(H,14,15). The molecule has 1 rings (SSSR count). The zero-order valence-electron chi connectivity index (χ0n) is 7.68. The predicted octanol–water partition coefficient (Wildman–Crippen LogP) is 1.67. The van der Waals surface area contributed by atoms with Crippen molar-refractivity contribution in [2.45, 2.75) is 6.54 Å². The number of hydrogen-bond donors (Lipinski definition) is 3. The van der Waals surface area contributed by atoms with Crippen LogP contribution in [-0.2, 0) is 11.3 Å². The van der Waals surface area contributed by atoms with E-state index in [-0.39, 0.29) is 0 Å². The van der Waals surface area contributed by atoms with Crippen LogP contribution >= 0.6 is 45.2 Å². The molecule has 0 aliphatic heterocycles. The van der Waals surface area contributed by atoms with Crippen molar-refractivity contribution in [3.8, 4) is 0 Å². The van der Waals surface area contributed by atoms with E-state index in [0.717, 1.165) is 18.9 Å². The lowest BCUT2D eigenvalue weighted by molar-refractivity contribution is -0.115. The fourth-order valence-electron chi connectivity index (χ4n) is 0.982. The molecule has 0 fully saturated rings. The van der Waals surface area contributed by atoms with Crippen molar-refractivity contribution in [2.24, 2.45) is 0 Å². The second-order valence-corrected chi connectivity index (χ2v) is 5.26. The van der Waals surface area contributed by atoms with Crippen LogP contribution in [0.5, 0.6) is 0 Å². The van der Waals surface area contributed by atoms with Gasteiger partial charge in [0.2, 0.25) is 0 Å². The topological polar surface area (TPSA) is 65.0 Å². The van der Waals surface area contributed by atoms with Gasteiger partial charge in [-0.1, -0.05) is 0 Å². The van der Waals surface area contributed by atoms with Crippen LogP contribution in [0.1, 0.15) is 5.56 Å². The first kappa shape index (κ1) is 12.8. The lowest BCUT2D eigenvalue weighted by Gasteiger charge is -2.05. The van der Waals surface area contributed by atoms with Crippen LogP contribution in [0.4, 0.5) is 0 Å². The summed E-state index contributed by atoms with van der Waals surface area (Å²) < 4.78 is 2.32. The summed E-state index contributed by atoms with van der Waals surface area (Å²) in [5.41, 5.74) is 6.23. The number of benzene rings is 1. The first-order valence-corrected chi connectivity index (χ1v) is 6.26. The van der Waals surface area contributed by atoms with Gasteiger partial charge in [-0.05, 0) is 68.9 Å². The number of carbonyl (C=O) groups excluding carboxylic acids is 1. The Bertz CT molecular complexity index is 361. The Balaban J connectivity index is 2.50. The molecule has 0 aromatic heterocycles. The highest BCUT2D eigenvalue weighted by Gasteiger charge is 1.98. The van der Waals surface area contributed by atoms with Crippen molar-refractivity contribution >= 4 is 57.3 Å². The lowest BCUT2D eigenvalue weighted by atomic mass is 10.2. The largest absolute Gasteiger partial charge is 0.303 e. The molecule has 1 aromatic rings. The molecule has 0 unspecified atom stereocenters. The molecule has 0 spiro atoms. The molecule has 0 atom stereocenters. The predicted molar refractivity (Wildman–Crippen MR) is 75.6 cm³/mol. The third-order valence-electron chi connectivity index (χ3n) is 1.56. The van der Waals surface area contributed by atoms with E-state index in [9.17, 15) is 4.79 Å². The van der Waals surface area contributed by atoms with Crippen LogP contribution in [0, 0.1) is 12.5 Å². The number of hydrazine groups is 1. The highest BCUT2D eigenvalue weighted by Crippen LogP contribution is 2.13. The summed E-state index contributed by atoms with van der Waals surface area (Å²) in [6, 6.07) is 6.14. The normalized spacial score (nSPS) is 9.73. The van der Waals surface area contributed by atoms with E-state index in [1.54, 1.807) is 0 Å². The van der Waals surface area contributed by atoms with Crippen LogP contribution in [-0.4, -0.2) is 12.1 Å². The maximum absolute atomic E-state index is 10.7. The van der Waals surface area contributed by atoms with Crippen LogP contribution in [0.2, 0.25) is 0 Å². The Morgan fingerprint density at radius 3 is 2.47 bits per heavy atom. The van der Waals surface area contributed by atoms with Gasteiger partial charge in [-0.15, -0.1) is 0 Å². The fourth-order valence-corrected chi connectivity index (χ4v) is 3.05. The number of amides is 1. The molecular formula is C9H9I2N3O. The molecule has 0 saturated carbocycles. The van der Waals surface area contributed by atoms with Crippen molar-refractivity contribution in [3.63, 3.8) is 0 Å². The highest BCUT2D eigenvalue weighted by atomic mass is 127. The lowest BCUT2D eigenvalue weighted by Crippen LogP contribution is -2.37. The van der Waals surface area contributed by atoms with Crippen LogP contribution in [0.3, 0.4) is 0 Å². The number of halogens is 2. The first-order chi connectivity index (χ1) is 7.11. The number of nitrogens with one attached hydrogen (secondary N) is 3. The van der Waals surface area contributed by atoms with Crippen molar-refractivity contribution in [1.29, 1.82) is 5.41 Å². The summed E-state index contributed by atoms with van der Waals surface area (Å²) in [5.74, 6) is -0.449. The molecule has 0 aliphatic rings. The van der Waals surface area contributed by atoms with E-state index in [0.29, 0.717) is 6.54 Å². The third kappa shape index (κ3) is 4.89. The monoisotopic (exact) mass is 429 g/mol. The van der Waals surface area contributed by atoms with E-state index >= 15 is 0 Å². The molecule has 80 valence electrons. The average Bonchev–Trinajstić information content (AvgIpc) is 2.16. The molecule has 0 aliphatic carbocycles. The molecular weight excluding hydrogens is 420 g/mol. The van der Waals surface area contributed by atoms with Gasteiger partial charge in [0, 0.05) is 13.7 Å². The van der Waals surface area contributed by atoms with Gasteiger partial charge >= 0.3 is 0 Å². The van der Waals surface area contributed by atoms with E-state index in [1.807, 2.05) is 12.1 Å². The van der Waals surface area contributed by atoms with Crippen LogP contribution in [0.25, 0.3) is 0 Å². The SMILES string of the molecule is N=CC(=O)NNCc1cc(I)cc(I)c1. The molecule has 3 N–H and O–H groups in total. The molecule has 1 amide bonds. The van der Waals surface area contributed by atoms with Gasteiger partial charge in [-0.25, -0.2) is 5.43 Å². The summed E-state index contributed by atoms with van der Waals surface area (Å²) >= 11 is 4.49. The quantitative estimate of drug-likeness (QED) is 0.388. The molecule has 0 heterocycles. The molecule has 0 saturated heterocycles. The maximum Gasteiger partial charge on any atom is 0.275 e. The summed E-state index contributed by atoms with van der Waals surface area (Å²) in [6.45, 7) is 0.548. The number of hydrogen-bond acceptors (Lipinski definition) is 3. The van der Waals surface area contributed by atoms with Gasteiger partial charge in [-0.2, -0.15) is 0 Å². The minimum absolute atomic E-state index is 0.449. The molecule has 4 nitrogen and oxygen atoms in total. The van der Waals surface area contributed by atoms with Gasteiger partial charge in [0.05, 0.1) is 6.21 Å². The fraction of sp³-hybridized carbons (Fsp3) is 0.111. The molecule has 0 bridgehead atoms. The molecule has 6 heteroatoms. The van der Waals surface area contributed by atoms with Gasteiger partial charge in [0.15, 0.2) is 0 Å². The number of rotatable bonds is 4. The molecule has 0 radical (unpaired) electrons. The van der Waals surface area contributed by atoms with E-state index in [1.165, 1.54) is 0 Å². The maximum atomic E-state index is 10.7. The summed E-state index contributed by atoms with van der Waals surface area (Å²) in [5, 5.41) is 6.68. The Hall–Kier alpha value is -0.220. The zero-order valence-corrected chi connectivity index (χ0v) is 12.0. The van der Waals surface area contributed by atoms with Gasteiger partial charge < -0.3 is 5.41 Å². The van der Waals surface area contributed by atoms with E-state index in [4.69, 9.17) is 5.41 Å². The third-order valence-corrected chi connectivity index (χ3v) is 2.80. The van der Waals surface area contributed by atoms with Crippen molar-refractivity contribution < 1.29 is 4.79 Å². The average molecular weight is 429 g/mol. The minimum Gasteiger partial charge on any atom is -0.303 e. The highest BCUT2D eigenvalue weighted by molar-refractivity contribution is 14.1. The second-order valence-electron chi connectivity index (χ2n) is 2.76. The summed E-state index contributed by atoms with van der Waals surface area (Å²) in [7, 11) is 0. The number of carbonyl (C=O) groups is 1. The Labute approximate surface area is 115 Å².